The molecule has 3 fully saturated rings. The van der Waals surface area contributed by atoms with Gasteiger partial charge < -0.3 is 24.6 Å². The summed E-state index contributed by atoms with van der Waals surface area (Å²) in [7, 11) is 0. The second-order valence-electron chi connectivity index (χ2n) is 13.1. The number of nitrogens with zero attached hydrogens (tertiary/aromatic N) is 3. The lowest BCUT2D eigenvalue weighted by molar-refractivity contribution is -0.0663. The van der Waals surface area contributed by atoms with E-state index in [4.69, 9.17) is 9.47 Å². The molecule has 0 radical (unpaired) electrons. The summed E-state index contributed by atoms with van der Waals surface area (Å²) < 4.78 is 12.2. The van der Waals surface area contributed by atoms with Gasteiger partial charge in [0.05, 0.1) is 24.9 Å². The van der Waals surface area contributed by atoms with Crippen LogP contribution in [0.1, 0.15) is 101 Å². The van der Waals surface area contributed by atoms with Crippen LogP contribution in [0, 0.1) is 17.8 Å². The largest absolute Gasteiger partial charge is 0.376 e. The standard InChI is InChI=1S/C18H36N2O.C13H28N2O.C2H6/c1-15(2)13-19-9-5-17(6-10-19)21-18-7-11-20(12-8-18)14-16(3)4;1-4-14-7-5-6-13-11-15(8-9-16-13)10-12(2)3;1-2/h15-18H,5-14H2,1-4H3;12-14H,4-11H2,1-3H3;1-2H3. The molecule has 6 heteroatoms. The molecule has 0 aliphatic carbocycles. The SMILES string of the molecule is CC.CC(C)CN1CCC(OC2CCN(CC(C)C)CC2)CC1.CCNCCCC1CN(CC(C)C)CCO1. The normalized spacial score (nSPS) is 22.6. The van der Waals surface area contributed by atoms with Gasteiger partial charge in [-0.05, 0) is 69.4 Å². The van der Waals surface area contributed by atoms with Gasteiger partial charge >= 0.3 is 0 Å². The van der Waals surface area contributed by atoms with Crippen molar-refractivity contribution in [1.82, 2.24) is 20.0 Å². The molecule has 0 aromatic heterocycles. The molecule has 1 N–H and O–H groups in total. The fraction of sp³-hybridized carbons (Fsp3) is 1.00. The highest BCUT2D eigenvalue weighted by Gasteiger charge is 2.26. The van der Waals surface area contributed by atoms with Crippen molar-refractivity contribution in [2.75, 3.05) is 78.6 Å². The average Bonchev–Trinajstić information content (AvgIpc) is 2.90. The Kier molecular flexibility index (Phi) is 21.1. The Morgan fingerprint density at radius 2 is 1.18 bits per heavy atom. The smallest absolute Gasteiger partial charge is 0.0703 e. The van der Waals surface area contributed by atoms with E-state index < -0.39 is 0 Å². The molecular formula is C33H70N4O2. The summed E-state index contributed by atoms with van der Waals surface area (Å²) in [6.07, 6.45) is 8.88. The summed E-state index contributed by atoms with van der Waals surface area (Å²) in [6.45, 7) is 34.0. The van der Waals surface area contributed by atoms with E-state index in [0.717, 1.165) is 50.5 Å². The number of hydrogen-bond donors (Lipinski definition) is 1. The summed E-state index contributed by atoms with van der Waals surface area (Å²) in [4.78, 5) is 7.76. The molecule has 3 aliphatic rings. The van der Waals surface area contributed by atoms with Crippen LogP contribution in [0.15, 0.2) is 0 Å². The van der Waals surface area contributed by atoms with Crippen LogP contribution in [-0.4, -0.2) is 112 Å². The number of ether oxygens (including phenoxy) is 2. The van der Waals surface area contributed by atoms with E-state index in [0.29, 0.717) is 18.3 Å². The molecule has 0 aromatic rings. The molecule has 6 nitrogen and oxygen atoms in total. The molecule has 234 valence electrons. The first-order chi connectivity index (χ1) is 18.7. The first-order valence-corrected chi connectivity index (χ1v) is 16.9. The van der Waals surface area contributed by atoms with E-state index in [1.54, 1.807) is 0 Å². The Balaban J connectivity index is 0.000000379. The summed E-state index contributed by atoms with van der Waals surface area (Å²) in [5.74, 6) is 2.33. The monoisotopic (exact) mass is 555 g/mol. The lowest BCUT2D eigenvalue weighted by Gasteiger charge is -2.37. The van der Waals surface area contributed by atoms with Gasteiger partial charge in [0.1, 0.15) is 0 Å². The number of nitrogens with one attached hydrogen (secondary N) is 1. The molecule has 0 bridgehead atoms. The van der Waals surface area contributed by atoms with E-state index in [1.165, 1.54) is 84.3 Å². The fourth-order valence-electron chi connectivity index (χ4n) is 6.03. The van der Waals surface area contributed by atoms with Gasteiger partial charge in [-0.15, -0.1) is 0 Å². The molecule has 3 saturated heterocycles. The topological polar surface area (TPSA) is 40.2 Å². The van der Waals surface area contributed by atoms with E-state index in [2.05, 4.69) is 68.5 Å². The maximum atomic E-state index is 6.39. The van der Waals surface area contributed by atoms with Gasteiger partial charge in [-0.2, -0.15) is 0 Å². The zero-order valence-corrected chi connectivity index (χ0v) is 27.9. The van der Waals surface area contributed by atoms with Crippen LogP contribution >= 0.6 is 0 Å². The third-order valence-corrected chi connectivity index (χ3v) is 7.68. The van der Waals surface area contributed by atoms with Crippen LogP contribution in [0.2, 0.25) is 0 Å². The Hall–Kier alpha value is -0.240. The first kappa shape index (κ1) is 36.8. The summed E-state index contributed by atoms with van der Waals surface area (Å²) in [5.41, 5.74) is 0. The van der Waals surface area contributed by atoms with Crippen molar-refractivity contribution in [2.45, 2.75) is 119 Å². The summed E-state index contributed by atoms with van der Waals surface area (Å²) in [5, 5.41) is 3.36. The van der Waals surface area contributed by atoms with Gasteiger partial charge in [0, 0.05) is 58.9 Å². The van der Waals surface area contributed by atoms with Crippen molar-refractivity contribution < 1.29 is 9.47 Å². The molecule has 1 unspecified atom stereocenters. The number of morpholine rings is 1. The Labute approximate surface area is 244 Å². The zero-order chi connectivity index (χ0) is 29.0. The maximum absolute atomic E-state index is 6.39. The third kappa shape index (κ3) is 18.0. The van der Waals surface area contributed by atoms with Gasteiger partial charge in [-0.1, -0.05) is 62.3 Å². The predicted molar refractivity (Wildman–Crippen MR) is 170 cm³/mol. The minimum Gasteiger partial charge on any atom is -0.376 e. The first-order valence-electron chi connectivity index (χ1n) is 16.9. The lowest BCUT2D eigenvalue weighted by atomic mass is 10.0. The highest BCUT2D eigenvalue weighted by Crippen LogP contribution is 2.22. The van der Waals surface area contributed by atoms with Gasteiger partial charge in [0.15, 0.2) is 0 Å². The van der Waals surface area contributed by atoms with E-state index in [9.17, 15) is 0 Å². The Bertz CT molecular complexity index is 516. The van der Waals surface area contributed by atoms with Crippen molar-refractivity contribution in [2.24, 2.45) is 17.8 Å². The number of piperidine rings is 2. The quantitative estimate of drug-likeness (QED) is 0.282. The second kappa shape index (κ2) is 22.4. The van der Waals surface area contributed by atoms with Crippen molar-refractivity contribution in [3.63, 3.8) is 0 Å². The highest BCUT2D eigenvalue weighted by atomic mass is 16.5. The zero-order valence-electron chi connectivity index (χ0n) is 27.9. The Morgan fingerprint density at radius 3 is 1.62 bits per heavy atom. The number of hydrogen-bond acceptors (Lipinski definition) is 6. The molecule has 39 heavy (non-hydrogen) atoms. The maximum Gasteiger partial charge on any atom is 0.0703 e. The fourth-order valence-corrected chi connectivity index (χ4v) is 6.03. The van der Waals surface area contributed by atoms with Gasteiger partial charge in [-0.3, -0.25) is 4.90 Å². The molecule has 0 spiro atoms. The predicted octanol–water partition coefficient (Wildman–Crippen LogP) is 6.00. The number of likely N-dealkylation sites (tertiary alicyclic amines) is 2. The van der Waals surface area contributed by atoms with E-state index >= 15 is 0 Å². The minimum absolute atomic E-state index is 0.464. The summed E-state index contributed by atoms with van der Waals surface area (Å²) >= 11 is 0. The third-order valence-electron chi connectivity index (χ3n) is 7.68. The molecular weight excluding hydrogens is 484 g/mol. The van der Waals surface area contributed by atoms with Crippen molar-refractivity contribution in [3.8, 4) is 0 Å². The van der Waals surface area contributed by atoms with Crippen molar-refractivity contribution >= 4 is 0 Å². The molecule has 0 saturated carbocycles. The molecule has 0 aromatic carbocycles. The van der Waals surface area contributed by atoms with E-state index in [-0.39, 0.29) is 0 Å². The summed E-state index contributed by atoms with van der Waals surface area (Å²) in [6, 6.07) is 0. The van der Waals surface area contributed by atoms with Crippen molar-refractivity contribution in [3.05, 3.63) is 0 Å². The average molecular weight is 555 g/mol. The van der Waals surface area contributed by atoms with Crippen LogP contribution in [0.25, 0.3) is 0 Å². The van der Waals surface area contributed by atoms with Gasteiger partial charge in [-0.25, -0.2) is 0 Å². The Morgan fingerprint density at radius 1 is 0.718 bits per heavy atom. The molecule has 1 atom stereocenters. The molecule has 3 aliphatic heterocycles. The second-order valence-corrected chi connectivity index (χ2v) is 13.1. The molecule has 0 amide bonds. The van der Waals surface area contributed by atoms with Crippen LogP contribution in [0.4, 0.5) is 0 Å². The minimum atomic E-state index is 0.464. The molecule has 3 rings (SSSR count). The lowest BCUT2D eigenvalue weighted by Crippen LogP contribution is -2.44. The number of rotatable bonds is 13. The van der Waals surface area contributed by atoms with Crippen LogP contribution in [-0.2, 0) is 9.47 Å². The van der Waals surface area contributed by atoms with Crippen LogP contribution < -0.4 is 5.32 Å². The van der Waals surface area contributed by atoms with Crippen molar-refractivity contribution in [1.29, 1.82) is 0 Å². The van der Waals surface area contributed by atoms with Crippen LogP contribution in [0.5, 0.6) is 0 Å². The van der Waals surface area contributed by atoms with Crippen LogP contribution in [0.3, 0.4) is 0 Å². The highest BCUT2D eigenvalue weighted by molar-refractivity contribution is 4.78. The van der Waals surface area contributed by atoms with E-state index in [1.807, 2.05) is 13.8 Å². The van der Waals surface area contributed by atoms with Gasteiger partial charge in [0.2, 0.25) is 0 Å². The molecule has 3 heterocycles. The van der Waals surface area contributed by atoms with Gasteiger partial charge in [0.25, 0.3) is 0 Å².